The van der Waals surface area contributed by atoms with Crippen LogP contribution in [-0.2, 0) is 4.79 Å². The van der Waals surface area contributed by atoms with E-state index in [0.29, 0.717) is 41.0 Å². The molecule has 1 N–H and O–H groups in total. The van der Waals surface area contributed by atoms with Gasteiger partial charge in [-0.15, -0.1) is 0 Å². The van der Waals surface area contributed by atoms with Crippen molar-refractivity contribution in [3.63, 3.8) is 0 Å². The van der Waals surface area contributed by atoms with Gasteiger partial charge in [-0.3, -0.25) is 19.3 Å². The van der Waals surface area contributed by atoms with Crippen molar-refractivity contribution in [2.75, 3.05) is 18.1 Å². The second-order valence-electron chi connectivity index (χ2n) is 7.30. The number of fused-ring (bicyclic) bond motifs is 1. The summed E-state index contributed by atoms with van der Waals surface area (Å²) in [4.78, 5) is 38.0. The van der Waals surface area contributed by atoms with E-state index in [9.17, 15) is 14.4 Å². The number of nitrogens with one attached hydrogen (secondary N) is 1. The quantitative estimate of drug-likeness (QED) is 0.614. The molecule has 1 aromatic rings. The van der Waals surface area contributed by atoms with Crippen molar-refractivity contribution in [2.24, 2.45) is 11.8 Å². The van der Waals surface area contributed by atoms with Gasteiger partial charge in [0.15, 0.2) is 0 Å². The van der Waals surface area contributed by atoms with Gasteiger partial charge in [-0.1, -0.05) is 38.8 Å². The van der Waals surface area contributed by atoms with Gasteiger partial charge in [-0.2, -0.15) is 11.8 Å². The predicted molar refractivity (Wildman–Crippen MR) is 103 cm³/mol. The third-order valence-corrected chi connectivity index (χ3v) is 6.56. The van der Waals surface area contributed by atoms with E-state index in [1.807, 2.05) is 0 Å². The van der Waals surface area contributed by atoms with E-state index < -0.39 is 0 Å². The van der Waals surface area contributed by atoms with E-state index in [1.165, 1.54) is 29.5 Å². The molecule has 3 rings (SSSR count). The van der Waals surface area contributed by atoms with E-state index in [2.05, 4.69) is 19.2 Å². The van der Waals surface area contributed by atoms with E-state index in [1.54, 1.807) is 24.3 Å². The van der Waals surface area contributed by atoms with Gasteiger partial charge < -0.3 is 5.32 Å². The van der Waals surface area contributed by atoms with Crippen LogP contribution in [0.15, 0.2) is 24.3 Å². The molecule has 6 heteroatoms. The second kappa shape index (κ2) is 8.25. The number of thioether (sulfide) groups is 1. The molecule has 140 valence electrons. The van der Waals surface area contributed by atoms with Gasteiger partial charge in [-0.05, 0) is 30.4 Å². The molecular formula is C20H26N2O3S. The summed E-state index contributed by atoms with van der Waals surface area (Å²) in [5.74, 6) is 1.66. The maximum absolute atomic E-state index is 12.3. The van der Waals surface area contributed by atoms with Crippen molar-refractivity contribution in [1.29, 1.82) is 0 Å². The van der Waals surface area contributed by atoms with Crippen LogP contribution in [0.3, 0.4) is 0 Å². The number of carbonyl (C=O) groups is 3. The maximum atomic E-state index is 12.3. The van der Waals surface area contributed by atoms with Crippen LogP contribution >= 0.6 is 11.8 Å². The summed E-state index contributed by atoms with van der Waals surface area (Å²) in [5, 5.41) is 3.15. The fourth-order valence-corrected chi connectivity index (χ4v) is 4.52. The number of imide groups is 1. The molecular weight excluding hydrogens is 348 g/mol. The summed E-state index contributed by atoms with van der Waals surface area (Å²) in [7, 11) is 0. The van der Waals surface area contributed by atoms with Gasteiger partial charge in [0, 0.05) is 18.3 Å². The molecule has 3 amide bonds. The van der Waals surface area contributed by atoms with Gasteiger partial charge in [0.2, 0.25) is 5.91 Å². The van der Waals surface area contributed by atoms with Crippen molar-refractivity contribution in [1.82, 2.24) is 10.2 Å². The Morgan fingerprint density at radius 3 is 2.46 bits per heavy atom. The molecule has 0 radical (unpaired) electrons. The highest BCUT2D eigenvalue weighted by Crippen LogP contribution is 2.29. The lowest BCUT2D eigenvalue weighted by molar-refractivity contribution is -0.120. The van der Waals surface area contributed by atoms with Crippen LogP contribution in [0.1, 0.15) is 53.8 Å². The van der Waals surface area contributed by atoms with Crippen LogP contribution in [0.4, 0.5) is 0 Å². The molecule has 26 heavy (non-hydrogen) atoms. The summed E-state index contributed by atoms with van der Waals surface area (Å²) >= 11 is 1.46. The highest BCUT2D eigenvalue weighted by molar-refractivity contribution is 7.99. The van der Waals surface area contributed by atoms with Crippen molar-refractivity contribution in [3.05, 3.63) is 35.4 Å². The smallest absolute Gasteiger partial charge is 0.261 e. The Bertz CT molecular complexity index is 671. The summed E-state index contributed by atoms with van der Waals surface area (Å²) in [5.41, 5.74) is 0.946. The van der Waals surface area contributed by atoms with Crippen molar-refractivity contribution >= 4 is 29.5 Å². The maximum Gasteiger partial charge on any atom is 0.261 e. The molecule has 1 aromatic carbocycles. The summed E-state index contributed by atoms with van der Waals surface area (Å²) in [6.45, 7) is 4.80. The van der Waals surface area contributed by atoms with Crippen LogP contribution in [0.25, 0.3) is 0 Å². The SMILES string of the molecule is C[C@H]1[C@@H](NC(=O)CSCCN2C(=O)c3ccccc3C2=O)CCC[C@@H]1C. The van der Waals surface area contributed by atoms with E-state index in [0.717, 1.165) is 6.42 Å². The van der Waals surface area contributed by atoms with Gasteiger partial charge in [0.25, 0.3) is 11.8 Å². The number of benzene rings is 1. The number of hydrogen-bond acceptors (Lipinski definition) is 4. The van der Waals surface area contributed by atoms with Crippen LogP contribution in [-0.4, -0.2) is 46.7 Å². The Labute approximate surface area is 158 Å². The Balaban J connectivity index is 1.41. The summed E-state index contributed by atoms with van der Waals surface area (Å²) < 4.78 is 0. The highest BCUT2D eigenvalue weighted by Gasteiger charge is 2.34. The van der Waals surface area contributed by atoms with Crippen LogP contribution in [0, 0.1) is 11.8 Å². The molecule has 0 saturated heterocycles. The van der Waals surface area contributed by atoms with Crippen molar-refractivity contribution < 1.29 is 14.4 Å². The van der Waals surface area contributed by atoms with Crippen LogP contribution in [0.5, 0.6) is 0 Å². The Hall–Kier alpha value is -1.82. The normalized spacial score (nSPS) is 25.3. The molecule has 1 fully saturated rings. The third-order valence-electron chi connectivity index (χ3n) is 5.62. The standard InChI is InChI=1S/C20H26N2O3S/c1-13-6-5-9-17(14(13)2)21-18(23)12-26-11-10-22-19(24)15-7-3-4-8-16(15)20(22)25/h3-4,7-8,13-14,17H,5-6,9-12H2,1-2H3,(H,21,23)/t13-,14+,17-/m0/s1. The van der Waals surface area contributed by atoms with Crippen LogP contribution < -0.4 is 5.32 Å². The zero-order valence-corrected chi connectivity index (χ0v) is 16.2. The zero-order chi connectivity index (χ0) is 18.7. The fraction of sp³-hybridized carbons (Fsp3) is 0.550. The molecule has 1 saturated carbocycles. The molecule has 3 atom stereocenters. The molecule has 5 nitrogen and oxygen atoms in total. The van der Waals surface area contributed by atoms with E-state index >= 15 is 0 Å². The molecule has 0 spiro atoms. The minimum atomic E-state index is -0.235. The first-order valence-corrected chi connectivity index (χ1v) is 10.5. The molecule has 1 aliphatic heterocycles. The fourth-order valence-electron chi connectivity index (χ4n) is 3.80. The Morgan fingerprint density at radius 2 is 1.81 bits per heavy atom. The average molecular weight is 375 g/mol. The van der Waals surface area contributed by atoms with Crippen molar-refractivity contribution in [2.45, 2.75) is 39.2 Å². The molecule has 1 heterocycles. The number of rotatable bonds is 6. The first kappa shape index (κ1) is 19.0. The van der Waals surface area contributed by atoms with Gasteiger partial charge in [0.05, 0.1) is 16.9 Å². The van der Waals surface area contributed by atoms with Gasteiger partial charge in [-0.25, -0.2) is 0 Å². The van der Waals surface area contributed by atoms with Gasteiger partial charge >= 0.3 is 0 Å². The number of nitrogens with zero attached hydrogens (tertiary/aromatic N) is 1. The average Bonchev–Trinajstić information content (AvgIpc) is 2.87. The largest absolute Gasteiger partial charge is 0.352 e. The molecule has 0 unspecified atom stereocenters. The first-order chi connectivity index (χ1) is 12.5. The lowest BCUT2D eigenvalue weighted by Gasteiger charge is -2.34. The molecule has 0 bridgehead atoms. The monoisotopic (exact) mass is 374 g/mol. The molecule has 0 aromatic heterocycles. The molecule has 1 aliphatic carbocycles. The topological polar surface area (TPSA) is 66.5 Å². The van der Waals surface area contributed by atoms with E-state index in [4.69, 9.17) is 0 Å². The summed E-state index contributed by atoms with van der Waals surface area (Å²) in [6, 6.07) is 7.16. The third kappa shape index (κ3) is 3.95. The Kier molecular flexibility index (Phi) is 6.01. The number of hydrogen-bond donors (Lipinski definition) is 1. The lowest BCUT2D eigenvalue weighted by Crippen LogP contribution is -2.44. The minimum absolute atomic E-state index is 0.0447. The number of carbonyl (C=O) groups excluding carboxylic acids is 3. The van der Waals surface area contributed by atoms with Crippen molar-refractivity contribution in [3.8, 4) is 0 Å². The predicted octanol–water partition coefficient (Wildman–Crippen LogP) is 2.96. The number of amides is 3. The first-order valence-electron chi connectivity index (χ1n) is 9.31. The second-order valence-corrected chi connectivity index (χ2v) is 8.41. The van der Waals surface area contributed by atoms with Gasteiger partial charge in [0.1, 0.15) is 0 Å². The minimum Gasteiger partial charge on any atom is -0.352 e. The van der Waals surface area contributed by atoms with E-state index in [-0.39, 0.29) is 23.8 Å². The highest BCUT2D eigenvalue weighted by atomic mass is 32.2. The zero-order valence-electron chi connectivity index (χ0n) is 15.4. The summed E-state index contributed by atoms with van der Waals surface area (Å²) in [6.07, 6.45) is 3.46. The Morgan fingerprint density at radius 1 is 1.15 bits per heavy atom. The lowest BCUT2D eigenvalue weighted by atomic mass is 9.78. The molecule has 2 aliphatic rings. The van der Waals surface area contributed by atoms with Crippen LogP contribution in [0.2, 0.25) is 0 Å².